The largest absolute Gasteiger partial charge is 0.367 e. The first kappa shape index (κ1) is 25.6. The third-order valence-electron chi connectivity index (χ3n) is 3.57. The van der Waals surface area contributed by atoms with E-state index in [1.165, 1.54) is 0 Å². The molecule has 0 aromatic rings. The minimum atomic E-state index is -1.63. The number of alkyl halides is 3. The number of amides is 2. The summed E-state index contributed by atoms with van der Waals surface area (Å²) in [7, 11) is 0. The normalized spacial score (nSPS) is 16.7. The van der Waals surface area contributed by atoms with Gasteiger partial charge >= 0.3 is 0 Å². The minimum absolute atomic E-state index is 0.0260. The van der Waals surface area contributed by atoms with Gasteiger partial charge in [-0.05, 0) is 25.7 Å². The van der Waals surface area contributed by atoms with Gasteiger partial charge in [0, 0.05) is 6.54 Å². The van der Waals surface area contributed by atoms with E-state index in [-0.39, 0.29) is 24.3 Å². The molecule has 154 valence electrons. The predicted octanol–water partition coefficient (Wildman–Crippen LogP) is 0.403. The Morgan fingerprint density at radius 1 is 1.15 bits per heavy atom. The van der Waals surface area contributed by atoms with E-state index in [4.69, 9.17) is 51.0 Å². The molecule has 0 saturated carbocycles. The molecule has 0 bridgehead atoms. The van der Waals surface area contributed by atoms with Crippen LogP contribution >= 0.6 is 34.8 Å². The van der Waals surface area contributed by atoms with Crippen molar-refractivity contribution in [3.63, 3.8) is 0 Å². The van der Waals surface area contributed by atoms with Crippen LogP contribution in [-0.2, 0) is 14.3 Å². The van der Waals surface area contributed by atoms with Gasteiger partial charge in [-0.2, -0.15) is 0 Å². The third kappa shape index (κ3) is 11.4. The van der Waals surface area contributed by atoms with Crippen molar-refractivity contribution in [2.45, 2.75) is 61.8 Å². The van der Waals surface area contributed by atoms with Gasteiger partial charge in [0.1, 0.15) is 6.04 Å². The van der Waals surface area contributed by atoms with Gasteiger partial charge in [-0.25, -0.2) is 0 Å². The second-order valence-corrected chi connectivity index (χ2v) is 8.93. The summed E-state index contributed by atoms with van der Waals surface area (Å²) in [4.78, 5) is 23.8. The maximum atomic E-state index is 11.9. The Labute approximate surface area is 169 Å². The number of hydrogen-bond donors (Lipinski definition) is 5. The van der Waals surface area contributed by atoms with Crippen LogP contribution in [0.25, 0.3) is 0 Å². The number of rotatable bonds is 11. The van der Waals surface area contributed by atoms with E-state index in [1.807, 2.05) is 13.8 Å². The molecule has 11 heteroatoms. The molecule has 0 saturated heterocycles. The highest BCUT2D eigenvalue weighted by atomic mass is 35.6. The zero-order valence-corrected chi connectivity index (χ0v) is 17.4. The van der Waals surface area contributed by atoms with E-state index >= 15 is 0 Å². The number of carbonyl (C=O) groups is 2. The second-order valence-electron chi connectivity index (χ2n) is 6.41. The third-order valence-corrected chi connectivity index (χ3v) is 3.90. The van der Waals surface area contributed by atoms with Gasteiger partial charge in [-0.3, -0.25) is 9.59 Å². The molecule has 0 aliphatic carbocycles. The van der Waals surface area contributed by atoms with Crippen LogP contribution in [-0.4, -0.2) is 58.3 Å². The quantitative estimate of drug-likeness (QED) is 0.181. The van der Waals surface area contributed by atoms with Gasteiger partial charge in [0.2, 0.25) is 15.6 Å². The Morgan fingerprint density at radius 2 is 1.73 bits per heavy atom. The number of nitrogens with one attached hydrogen (secondary N) is 2. The average Bonchev–Trinajstić information content (AvgIpc) is 2.54. The highest BCUT2D eigenvalue weighted by Gasteiger charge is 2.24. The Balaban J connectivity index is 4.05. The van der Waals surface area contributed by atoms with Crippen LogP contribution in [0.5, 0.6) is 0 Å². The fraction of sp³-hybridized carbons (Fsp3) is 0.867. The number of halogens is 3. The molecular formula is C15H29Cl3N4O4. The summed E-state index contributed by atoms with van der Waals surface area (Å²) >= 11 is 16.5. The van der Waals surface area contributed by atoms with Gasteiger partial charge < -0.3 is 31.9 Å². The van der Waals surface area contributed by atoms with Crippen LogP contribution in [0.15, 0.2) is 0 Å². The zero-order chi connectivity index (χ0) is 20.5. The highest BCUT2D eigenvalue weighted by Crippen LogP contribution is 2.26. The number of aliphatic hydroxyl groups excluding tert-OH is 1. The summed E-state index contributed by atoms with van der Waals surface area (Å²) in [5.41, 5.74) is 11.5. The molecule has 0 spiro atoms. The molecule has 0 aliphatic rings. The van der Waals surface area contributed by atoms with Crippen molar-refractivity contribution in [1.82, 2.24) is 10.6 Å². The summed E-state index contributed by atoms with van der Waals surface area (Å²) in [5.74, 6) is -0.739. The summed E-state index contributed by atoms with van der Waals surface area (Å²) < 4.78 is 3.33. The lowest BCUT2D eigenvalue weighted by Gasteiger charge is -2.22. The van der Waals surface area contributed by atoms with E-state index in [0.717, 1.165) is 0 Å². The van der Waals surface area contributed by atoms with Crippen LogP contribution < -0.4 is 22.1 Å². The van der Waals surface area contributed by atoms with Crippen molar-refractivity contribution in [3.05, 3.63) is 0 Å². The van der Waals surface area contributed by atoms with Crippen LogP contribution in [0.4, 0.5) is 0 Å². The fourth-order valence-electron chi connectivity index (χ4n) is 1.83. The number of ether oxygens (including phenoxy) is 1. The van der Waals surface area contributed by atoms with Crippen molar-refractivity contribution in [2.24, 2.45) is 17.4 Å². The summed E-state index contributed by atoms with van der Waals surface area (Å²) in [6, 6.07) is -2.07. The van der Waals surface area contributed by atoms with E-state index in [9.17, 15) is 14.7 Å². The summed E-state index contributed by atoms with van der Waals surface area (Å²) in [6.45, 7) is 5.24. The van der Waals surface area contributed by atoms with Crippen LogP contribution in [0.2, 0.25) is 0 Å². The average molecular weight is 436 g/mol. The number of aliphatic hydroxyl groups is 1. The maximum absolute atomic E-state index is 11.9. The number of nitrogens with two attached hydrogens (primary N) is 2. The first-order chi connectivity index (χ1) is 11.8. The summed E-state index contributed by atoms with van der Waals surface area (Å²) in [5, 5.41) is 14.9. The molecule has 4 atom stereocenters. The molecule has 7 N–H and O–H groups in total. The second kappa shape index (κ2) is 12.2. The molecule has 0 fully saturated rings. The van der Waals surface area contributed by atoms with Gasteiger partial charge in [-0.15, -0.1) is 0 Å². The zero-order valence-electron chi connectivity index (χ0n) is 15.2. The first-order valence-electron chi connectivity index (χ1n) is 8.30. The topological polar surface area (TPSA) is 140 Å². The molecule has 0 aliphatic heterocycles. The van der Waals surface area contributed by atoms with E-state index in [0.29, 0.717) is 19.4 Å². The molecule has 26 heavy (non-hydrogen) atoms. The predicted molar refractivity (Wildman–Crippen MR) is 103 cm³/mol. The Morgan fingerprint density at radius 3 is 2.23 bits per heavy atom. The van der Waals surface area contributed by atoms with Crippen molar-refractivity contribution < 1.29 is 19.4 Å². The van der Waals surface area contributed by atoms with Gasteiger partial charge in [0.25, 0.3) is 0 Å². The Kier molecular flexibility index (Phi) is 12.0. The van der Waals surface area contributed by atoms with Crippen LogP contribution in [0.1, 0.15) is 33.6 Å². The molecule has 2 amide bonds. The summed E-state index contributed by atoms with van der Waals surface area (Å²) in [6.07, 6.45) is -0.412. The molecular weight excluding hydrogens is 407 g/mol. The minimum Gasteiger partial charge on any atom is -0.367 e. The van der Waals surface area contributed by atoms with Crippen molar-refractivity contribution in [1.29, 1.82) is 0 Å². The number of carbonyl (C=O) groups excluding carboxylic acids is 2. The van der Waals surface area contributed by atoms with E-state index in [2.05, 4.69) is 10.6 Å². The Bertz CT molecular complexity index is 449. The molecule has 0 rings (SSSR count). The van der Waals surface area contributed by atoms with Crippen molar-refractivity contribution in [2.75, 3.05) is 13.2 Å². The monoisotopic (exact) mass is 434 g/mol. The van der Waals surface area contributed by atoms with Gasteiger partial charge in [0.05, 0.1) is 18.7 Å². The maximum Gasteiger partial charge on any atom is 0.242 e. The van der Waals surface area contributed by atoms with Gasteiger partial charge in [0.15, 0.2) is 6.29 Å². The molecule has 0 heterocycles. The van der Waals surface area contributed by atoms with Crippen LogP contribution in [0, 0.1) is 5.92 Å². The molecule has 0 radical (unpaired) electrons. The smallest absolute Gasteiger partial charge is 0.242 e. The lowest BCUT2D eigenvalue weighted by atomic mass is 10.0. The fourth-order valence-corrected chi connectivity index (χ4v) is 2.02. The van der Waals surface area contributed by atoms with Crippen molar-refractivity contribution in [3.8, 4) is 0 Å². The number of hydrogen-bond acceptors (Lipinski definition) is 6. The SMILES string of the molecule is CC(C)[C@H](N)C(=O)N[C@@H](C)C(=O)NCCC[C@H](N)C(O)OCC(Cl)(Cl)Cl. The first-order valence-corrected chi connectivity index (χ1v) is 9.44. The van der Waals surface area contributed by atoms with Gasteiger partial charge in [-0.1, -0.05) is 48.7 Å². The molecule has 0 aromatic carbocycles. The lowest BCUT2D eigenvalue weighted by Crippen LogP contribution is -2.51. The Hall–Kier alpha value is -0.350. The van der Waals surface area contributed by atoms with E-state index < -0.39 is 28.2 Å². The standard InChI is InChI=1S/C15H29Cl3N4O4/c1-8(2)11(20)13(24)22-9(3)12(23)21-6-4-5-10(19)14(25)26-7-15(16,17)18/h8-11,14,25H,4-7,19-20H2,1-3H3,(H,21,23)(H,22,24)/t9-,10-,11-,14?/m0/s1. The molecule has 1 unspecified atom stereocenters. The van der Waals surface area contributed by atoms with Crippen LogP contribution in [0.3, 0.4) is 0 Å². The highest BCUT2D eigenvalue weighted by molar-refractivity contribution is 6.67. The lowest BCUT2D eigenvalue weighted by molar-refractivity contribution is -0.129. The van der Waals surface area contributed by atoms with Crippen molar-refractivity contribution >= 4 is 46.6 Å². The van der Waals surface area contributed by atoms with E-state index in [1.54, 1.807) is 6.92 Å². The molecule has 8 nitrogen and oxygen atoms in total. The molecule has 0 aromatic heterocycles.